The number of hydrogen-bond acceptors (Lipinski definition) is 2. The lowest BCUT2D eigenvalue weighted by atomic mass is 10.2. The lowest BCUT2D eigenvalue weighted by Gasteiger charge is -1.94. The molecule has 0 aromatic heterocycles. The summed E-state index contributed by atoms with van der Waals surface area (Å²) in [5.74, 6) is 0. The summed E-state index contributed by atoms with van der Waals surface area (Å²) in [4.78, 5) is 1.02. The summed E-state index contributed by atoms with van der Waals surface area (Å²) in [6, 6.07) is 8.13. The predicted octanol–water partition coefficient (Wildman–Crippen LogP) is 1.83. The fraction of sp³-hybridized carbons (Fsp3) is 0.125. The molecule has 0 bridgehead atoms. The van der Waals surface area contributed by atoms with Crippen molar-refractivity contribution in [2.75, 3.05) is 11.9 Å². The van der Waals surface area contributed by atoms with Gasteiger partial charge in [-0.1, -0.05) is 30.4 Å². The van der Waals surface area contributed by atoms with E-state index in [9.17, 15) is 0 Å². The zero-order valence-corrected chi connectivity index (χ0v) is 6.24. The maximum atomic E-state index is 5.11. The minimum atomic E-state index is 0.828. The molecule has 10 heavy (non-hydrogen) atoms. The summed E-state index contributed by atoms with van der Waals surface area (Å²) >= 11 is 5.11. The van der Waals surface area contributed by atoms with E-state index in [-0.39, 0.29) is 0 Å². The molecule has 0 fully saturated rings. The van der Waals surface area contributed by atoms with Gasteiger partial charge in [0.05, 0.1) is 6.54 Å². The van der Waals surface area contributed by atoms with Gasteiger partial charge in [-0.05, 0) is 6.07 Å². The van der Waals surface area contributed by atoms with E-state index in [1.165, 1.54) is 11.3 Å². The molecule has 0 saturated carbocycles. The molecule has 1 aromatic rings. The Morgan fingerprint density at radius 3 is 2.90 bits per heavy atom. The minimum absolute atomic E-state index is 0.828. The molecular weight excluding hydrogens is 142 g/mol. The lowest BCUT2D eigenvalue weighted by Crippen LogP contribution is -1.98. The number of hydrogen-bond donors (Lipinski definition) is 1. The van der Waals surface area contributed by atoms with E-state index in [1.54, 1.807) is 0 Å². The average Bonchev–Trinajstić information content (AvgIpc) is 2.34. The monoisotopic (exact) mass is 149 g/mol. The van der Waals surface area contributed by atoms with E-state index in [0.29, 0.717) is 0 Å². The molecule has 0 radical (unpaired) electrons. The second-order valence-corrected chi connectivity index (χ2v) is 2.82. The molecular formula is C8H7NS. The standard InChI is InChI=1S/C8H7NS/c10-8-5-9-7-4-2-1-3-6(7)8/h1-4,9H,5H2. The van der Waals surface area contributed by atoms with Crippen LogP contribution in [0.4, 0.5) is 5.69 Å². The summed E-state index contributed by atoms with van der Waals surface area (Å²) in [6.45, 7) is 0.828. The molecule has 1 aliphatic heterocycles. The molecule has 0 aliphatic carbocycles. The Hall–Kier alpha value is -0.890. The molecule has 1 nitrogen and oxygen atoms in total. The largest absolute Gasteiger partial charge is 0.380 e. The summed E-state index contributed by atoms with van der Waals surface area (Å²) in [6.07, 6.45) is 0. The smallest absolute Gasteiger partial charge is 0.0509 e. The Morgan fingerprint density at radius 1 is 1.30 bits per heavy atom. The van der Waals surface area contributed by atoms with Gasteiger partial charge in [-0.3, -0.25) is 0 Å². The second kappa shape index (κ2) is 2.06. The molecule has 2 heteroatoms. The van der Waals surface area contributed by atoms with Gasteiger partial charge < -0.3 is 5.32 Å². The molecule has 1 aromatic carbocycles. The van der Waals surface area contributed by atoms with Gasteiger partial charge in [-0.15, -0.1) is 0 Å². The van der Waals surface area contributed by atoms with Crippen LogP contribution in [0.25, 0.3) is 0 Å². The van der Waals surface area contributed by atoms with Crippen LogP contribution in [0.15, 0.2) is 24.3 Å². The van der Waals surface area contributed by atoms with Crippen molar-refractivity contribution in [3.8, 4) is 0 Å². The Kier molecular flexibility index (Phi) is 1.21. The first kappa shape index (κ1) is 5.86. The Bertz CT molecular complexity index is 280. The number of para-hydroxylation sites is 1. The highest BCUT2D eigenvalue weighted by atomic mass is 32.1. The van der Waals surface area contributed by atoms with Crippen molar-refractivity contribution >= 4 is 22.8 Å². The van der Waals surface area contributed by atoms with E-state index in [4.69, 9.17) is 12.2 Å². The van der Waals surface area contributed by atoms with Gasteiger partial charge in [-0.2, -0.15) is 0 Å². The lowest BCUT2D eigenvalue weighted by molar-refractivity contribution is 1.48. The highest BCUT2D eigenvalue weighted by molar-refractivity contribution is 7.81. The van der Waals surface area contributed by atoms with E-state index in [1.807, 2.05) is 12.1 Å². The van der Waals surface area contributed by atoms with Crippen molar-refractivity contribution in [2.45, 2.75) is 0 Å². The van der Waals surface area contributed by atoms with Gasteiger partial charge in [-0.25, -0.2) is 0 Å². The second-order valence-electron chi connectivity index (χ2n) is 2.32. The Morgan fingerprint density at radius 2 is 2.10 bits per heavy atom. The van der Waals surface area contributed by atoms with Crippen molar-refractivity contribution in [3.05, 3.63) is 29.8 Å². The van der Waals surface area contributed by atoms with Crippen LogP contribution >= 0.6 is 12.2 Å². The molecule has 0 amide bonds. The fourth-order valence-corrected chi connectivity index (χ4v) is 1.40. The van der Waals surface area contributed by atoms with E-state index in [0.717, 1.165) is 11.4 Å². The van der Waals surface area contributed by atoms with Crippen molar-refractivity contribution in [2.24, 2.45) is 0 Å². The van der Waals surface area contributed by atoms with Crippen molar-refractivity contribution < 1.29 is 0 Å². The van der Waals surface area contributed by atoms with E-state index < -0.39 is 0 Å². The van der Waals surface area contributed by atoms with Crippen LogP contribution < -0.4 is 5.32 Å². The number of fused-ring (bicyclic) bond motifs is 1. The third kappa shape index (κ3) is 0.727. The fourth-order valence-electron chi connectivity index (χ4n) is 1.15. The molecule has 50 valence electrons. The molecule has 2 rings (SSSR count). The highest BCUT2D eigenvalue weighted by Crippen LogP contribution is 2.21. The maximum absolute atomic E-state index is 5.11. The van der Waals surface area contributed by atoms with Crippen LogP contribution in [0.2, 0.25) is 0 Å². The SMILES string of the molecule is S=C1CNc2ccccc21. The van der Waals surface area contributed by atoms with Crippen molar-refractivity contribution in [3.63, 3.8) is 0 Å². The van der Waals surface area contributed by atoms with Crippen molar-refractivity contribution in [1.82, 2.24) is 0 Å². The summed E-state index contributed by atoms with van der Waals surface area (Å²) in [5.41, 5.74) is 2.37. The molecule has 1 N–H and O–H groups in total. The zero-order valence-electron chi connectivity index (χ0n) is 5.42. The van der Waals surface area contributed by atoms with E-state index >= 15 is 0 Å². The number of benzene rings is 1. The number of rotatable bonds is 0. The first-order valence-electron chi connectivity index (χ1n) is 3.24. The van der Waals surface area contributed by atoms with Crippen LogP contribution in [-0.4, -0.2) is 11.4 Å². The summed E-state index contributed by atoms with van der Waals surface area (Å²) in [5, 5.41) is 3.21. The zero-order chi connectivity index (χ0) is 6.97. The first-order valence-corrected chi connectivity index (χ1v) is 3.65. The van der Waals surface area contributed by atoms with Gasteiger partial charge >= 0.3 is 0 Å². The van der Waals surface area contributed by atoms with Crippen LogP contribution in [0.1, 0.15) is 5.56 Å². The summed E-state index contributed by atoms with van der Waals surface area (Å²) in [7, 11) is 0. The number of thiocarbonyl (C=S) groups is 1. The molecule has 0 unspecified atom stereocenters. The molecule has 0 atom stereocenters. The Labute approximate surface area is 65.1 Å². The van der Waals surface area contributed by atoms with E-state index in [2.05, 4.69) is 17.4 Å². The Balaban J connectivity index is 2.61. The van der Waals surface area contributed by atoms with Crippen molar-refractivity contribution in [1.29, 1.82) is 0 Å². The third-order valence-electron chi connectivity index (χ3n) is 1.67. The van der Waals surface area contributed by atoms with Crippen LogP contribution in [-0.2, 0) is 0 Å². The van der Waals surface area contributed by atoms with Gasteiger partial charge in [0.25, 0.3) is 0 Å². The van der Waals surface area contributed by atoms with Crippen LogP contribution in [0, 0.1) is 0 Å². The number of anilines is 1. The number of nitrogens with one attached hydrogen (secondary N) is 1. The van der Waals surface area contributed by atoms with Gasteiger partial charge in [0.1, 0.15) is 0 Å². The third-order valence-corrected chi connectivity index (χ3v) is 2.03. The summed E-state index contributed by atoms with van der Waals surface area (Å²) < 4.78 is 0. The van der Waals surface area contributed by atoms with Gasteiger partial charge in [0, 0.05) is 16.1 Å². The average molecular weight is 149 g/mol. The molecule has 1 heterocycles. The quantitative estimate of drug-likeness (QED) is 0.565. The highest BCUT2D eigenvalue weighted by Gasteiger charge is 2.12. The van der Waals surface area contributed by atoms with Gasteiger partial charge in [0.2, 0.25) is 0 Å². The molecule has 0 spiro atoms. The van der Waals surface area contributed by atoms with Crippen LogP contribution in [0.3, 0.4) is 0 Å². The minimum Gasteiger partial charge on any atom is -0.380 e. The first-order chi connectivity index (χ1) is 4.88. The predicted molar refractivity (Wildman–Crippen MR) is 46.6 cm³/mol. The van der Waals surface area contributed by atoms with Gasteiger partial charge in [0.15, 0.2) is 0 Å². The normalized spacial score (nSPS) is 14.6. The molecule has 0 saturated heterocycles. The topological polar surface area (TPSA) is 12.0 Å². The maximum Gasteiger partial charge on any atom is 0.0509 e. The van der Waals surface area contributed by atoms with Crippen LogP contribution in [0.5, 0.6) is 0 Å². The molecule has 1 aliphatic rings.